The summed E-state index contributed by atoms with van der Waals surface area (Å²) in [6.45, 7) is 5.87. The average Bonchev–Trinajstić information content (AvgIpc) is 3.33. The summed E-state index contributed by atoms with van der Waals surface area (Å²) in [5.41, 5.74) is 2.16. The molecule has 31 heavy (non-hydrogen) atoms. The number of nitrogens with one attached hydrogen (secondary N) is 1. The fourth-order valence-electron chi connectivity index (χ4n) is 4.57. The van der Waals surface area contributed by atoms with Crippen LogP contribution in [0.1, 0.15) is 47.2 Å². The Bertz CT molecular complexity index is 1010. The van der Waals surface area contributed by atoms with Gasteiger partial charge in [-0.1, -0.05) is 36.4 Å². The van der Waals surface area contributed by atoms with Crippen LogP contribution in [0.15, 0.2) is 53.4 Å². The summed E-state index contributed by atoms with van der Waals surface area (Å²) < 4.78 is 28.3. The molecule has 1 N–H and O–H groups in total. The van der Waals surface area contributed by atoms with E-state index in [1.807, 2.05) is 42.2 Å². The van der Waals surface area contributed by atoms with Crippen molar-refractivity contribution < 1.29 is 13.2 Å². The molecule has 2 aliphatic rings. The van der Waals surface area contributed by atoms with Crippen molar-refractivity contribution in [3.63, 3.8) is 0 Å². The standard InChI is InChI=1S/C24H31N3O3S/c1-19-9-10-22(31(29,30)25-18-20-7-3-2-4-8-20)17-23(19)24(28)27-15-11-21(12-16-27)26-13-5-6-14-26/h2-4,7-10,17,21,25H,5-6,11-16,18H2,1H3. The highest BCUT2D eigenvalue weighted by molar-refractivity contribution is 7.89. The Balaban J connectivity index is 1.44. The van der Waals surface area contributed by atoms with E-state index >= 15 is 0 Å². The second-order valence-corrected chi connectivity index (χ2v) is 10.3. The SMILES string of the molecule is Cc1ccc(S(=O)(=O)NCc2ccccc2)cc1C(=O)N1CCC(N2CCCC2)CC1. The van der Waals surface area contributed by atoms with Gasteiger partial charge in [0.2, 0.25) is 10.0 Å². The molecule has 2 aromatic rings. The van der Waals surface area contributed by atoms with E-state index in [0.29, 0.717) is 11.6 Å². The number of rotatable bonds is 6. The van der Waals surface area contributed by atoms with Crippen molar-refractivity contribution in [1.29, 1.82) is 0 Å². The molecule has 1 amide bonds. The zero-order valence-corrected chi connectivity index (χ0v) is 18.9. The molecule has 0 bridgehead atoms. The van der Waals surface area contributed by atoms with Gasteiger partial charge in [0, 0.05) is 31.2 Å². The van der Waals surface area contributed by atoms with Gasteiger partial charge in [-0.25, -0.2) is 13.1 Å². The number of carbonyl (C=O) groups excluding carboxylic acids is 1. The maximum absolute atomic E-state index is 13.2. The first-order chi connectivity index (χ1) is 14.9. The lowest BCUT2D eigenvalue weighted by Crippen LogP contribution is -2.46. The molecule has 2 heterocycles. The van der Waals surface area contributed by atoms with Crippen LogP contribution in [0.5, 0.6) is 0 Å². The molecule has 2 fully saturated rings. The largest absolute Gasteiger partial charge is 0.339 e. The minimum absolute atomic E-state index is 0.0718. The van der Waals surface area contributed by atoms with Crippen LogP contribution < -0.4 is 4.72 Å². The third kappa shape index (κ3) is 5.17. The van der Waals surface area contributed by atoms with E-state index < -0.39 is 10.0 Å². The van der Waals surface area contributed by atoms with Crippen LogP contribution >= 0.6 is 0 Å². The van der Waals surface area contributed by atoms with Gasteiger partial charge in [-0.05, 0) is 69.0 Å². The van der Waals surface area contributed by atoms with Crippen LogP contribution in [0.3, 0.4) is 0 Å². The topological polar surface area (TPSA) is 69.7 Å². The third-order valence-corrected chi connectivity index (χ3v) is 7.87. The van der Waals surface area contributed by atoms with Gasteiger partial charge in [0.25, 0.3) is 5.91 Å². The molecule has 0 atom stereocenters. The summed E-state index contributed by atoms with van der Waals surface area (Å²) in [5.74, 6) is -0.0718. The van der Waals surface area contributed by atoms with Crippen molar-refractivity contribution in [3.05, 3.63) is 65.2 Å². The van der Waals surface area contributed by atoms with E-state index in [-0.39, 0.29) is 17.3 Å². The number of piperidine rings is 1. The maximum Gasteiger partial charge on any atom is 0.254 e. The molecule has 0 spiro atoms. The van der Waals surface area contributed by atoms with Gasteiger partial charge < -0.3 is 9.80 Å². The molecular formula is C24H31N3O3S. The molecule has 7 heteroatoms. The van der Waals surface area contributed by atoms with E-state index in [1.54, 1.807) is 12.1 Å². The Morgan fingerprint density at radius 3 is 2.35 bits per heavy atom. The fraction of sp³-hybridized carbons (Fsp3) is 0.458. The van der Waals surface area contributed by atoms with Gasteiger partial charge in [-0.15, -0.1) is 0 Å². The molecule has 6 nitrogen and oxygen atoms in total. The zero-order valence-electron chi connectivity index (χ0n) is 18.1. The number of nitrogens with zero attached hydrogens (tertiary/aromatic N) is 2. The Labute approximate surface area is 185 Å². The second kappa shape index (κ2) is 9.51. The van der Waals surface area contributed by atoms with Gasteiger partial charge in [0.05, 0.1) is 4.90 Å². The number of hydrogen-bond donors (Lipinski definition) is 1. The highest BCUT2D eigenvalue weighted by Gasteiger charge is 2.29. The van der Waals surface area contributed by atoms with Crippen LogP contribution in [-0.4, -0.2) is 56.3 Å². The fourth-order valence-corrected chi connectivity index (χ4v) is 5.61. The normalized spacial score (nSPS) is 18.4. The maximum atomic E-state index is 13.2. The summed E-state index contributed by atoms with van der Waals surface area (Å²) >= 11 is 0. The van der Waals surface area contributed by atoms with E-state index in [4.69, 9.17) is 0 Å². The van der Waals surface area contributed by atoms with Crippen molar-refractivity contribution >= 4 is 15.9 Å². The smallest absolute Gasteiger partial charge is 0.254 e. The average molecular weight is 442 g/mol. The summed E-state index contributed by atoms with van der Waals surface area (Å²) in [6, 6.07) is 14.8. The van der Waals surface area contributed by atoms with Crippen LogP contribution in [0, 0.1) is 6.92 Å². The predicted octanol–water partition coefficient (Wildman–Crippen LogP) is 3.17. The van der Waals surface area contributed by atoms with Gasteiger partial charge in [0.1, 0.15) is 0 Å². The van der Waals surface area contributed by atoms with Crippen molar-refractivity contribution in [2.45, 2.75) is 50.1 Å². The number of aryl methyl sites for hydroxylation is 1. The second-order valence-electron chi connectivity index (χ2n) is 8.55. The van der Waals surface area contributed by atoms with E-state index in [9.17, 15) is 13.2 Å². The van der Waals surface area contributed by atoms with Gasteiger partial charge in [-0.2, -0.15) is 0 Å². The molecule has 2 aliphatic heterocycles. The molecule has 2 aromatic carbocycles. The molecule has 0 aliphatic carbocycles. The van der Waals surface area contributed by atoms with Crippen LogP contribution in [0.2, 0.25) is 0 Å². The molecular weight excluding hydrogens is 410 g/mol. The monoisotopic (exact) mass is 441 g/mol. The van der Waals surface area contributed by atoms with E-state index in [1.165, 1.54) is 32.0 Å². The zero-order chi connectivity index (χ0) is 21.8. The van der Waals surface area contributed by atoms with Gasteiger partial charge >= 0.3 is 0 Å². The number of carbonyl (C=O) groups is 1. The highest BCUT2D eigenvalue weighted by Crippen LogP contribution is 2.24. The third-order valence-electron chi connectivity index (χ3n) is 6.47. The molecule has 0 aromatic heterocycles. The van der Waals surface area contributed by atoms with Gasteiger partial charge in [0.15, 0.2) is 0 Å². The van der Waals surface area contributed by atoms with Crippen molar-refractivity contribution in [3.8, 4) is 0 Å². The quantitative estimate of drug-likeness (QED) is 0.748. The minimum atomic E-state index is -3.71. The Morgan fingerprint density at radius 2 is 1.68 bits per heavy atom. The summed E-state index contributed by atoms with van der Waals surface area (Å²) in [6.07, 6.45) is 4.53. The number of sulfonamides is 1. The first-order valence-corrected chi connectivity index (χ1v) is 12.6. The van der Waals surface area contributed by atoms with Gasteiger partial charge in [-0.3, -0.25) is 4.79 Å². The Hall–Kier alpha value is -2.22. The number of hydrogen-bond acceptors (Lipinski definition) is 4. The number of amides is 1. The Morgan fingerprint density at radius 1 is 1.00 bits per heavy atom. The van der Waals surface area contributed by atoms with Crippen molar-refractivity contribution in [1.82, 2.24) is 14.5 Å². The predicted molar refractivity (Wildman–Crippen MR) is 121 cm³/mol. The summed E-state index contributed by atoms with van der Waals surface area (Å²) in [4.78, 5) is 17.8. The highest BCUT2D eigenvalue weighted by atomic mass is 32.2. The van der Waals surface area contributed by atoms with E-state index in [0.717, 1.165) is 37.1 Å². The van der Waals surface area contributed by atoms with Crippen LogP contribution in [0.25, 0.3) is 0 Å². The lowest BCUT2D eigenvalue weighted by atomic mass is 10.0. The lowest BCUT2D eigenvalue weighted by Gasteiger charge is -2.36. The first-order valence-electron chi connectivity index (χ1n) is 11.1. The van der Waals surface area contributed by atoms with Crippen LogP contribution in [0.4, 0.5) is 0 Å². The van der Waals surface area contributed by atoms with Crippen molar-refractivity contribution in [2.24, 2.45) is 0 Å². The van der Waals surface area contributed by atoms with Crippen molar-refractivity contribution in [2.75, 3.05) is 26.2 Å². The number of benzene rings is 2. The molecule has 166 valence electrons. The minimum Gasteiger partial charge on any atom is -0.339 e. The molecule has 2 saturated heterocycles. The molecule has 0 radical (unpaired) electrons. The molecule has 0 saturated carbocycles. The molecule has 0 unspecified atom stereocenters. The summed E-state index contributed by atoms with van der Waals surface area (Å²) in [7, 11) is -3.71. The lowest BCUT2D eigenvalue weighted by molar-refractivity contribution is 0.0643. The summed E-state index contributed by atoms with van der Waals surface area (Å²) in [5, 5.41) is 0. The Kier molecular flexibility index (Phi) is 6.74. The van der Waals surface area contributed by atoms with E-state index in [2.05, 4.69) is 9.62 Å². The number of likely N-dealkylation sites (tertiary alicyclic amines) is 2. The van der Waals surface area contributed by atoms with Crippen LogP contribution in [-0.2, 0) is 16.6 Å². The molecule has 4 rings (SSSR count). The first kappa shape index (κ1) is 22.0.